The van der Waals surface area contributed by atoms with E-state index in [9.17, 15) is 13.8 Å². The van der Waals surface area contributed by atoms with E-state index in [2.05, 4.69) is 13.8 Å². The normalized spacial score (nSPS) is 23.1. The second-order valence-electron chi connectivity index (χ2n) is 6.72. The Kier molecular flexibility index (Phi) is 5.74. The first-order valence-electron chi connectivity index (χ1n) is 7.93. The Morgan fingerprint density at radius 1 is 1.35 bits per heavy atom. The van der Waals surface area contributed by atoms with E-state index in [1.54, 1.807) is 24.3 Å². The van der Waals surface area contributed by atoms with Crippen LogP contribution in [-0.4, -0.2) is 28.3 Å². The molecular weight excluding hydrogens is 312 g/mol. The van der Waals surface area contributed by atoms with Gasteiger partial charge in [0.25, 0.3) is 0 Å². The van der Waals surface area contributed by atoms with Gasteiger partial charge in [0.2, 0.25) is 0 Å². The van der Waals surface area contributed by atoms with Crippen LogP contribution in [0.15, 0.2) is 35.2 Å². The molecule has 0 amide bonds. The molecule has 2 rings (SSSR count). The number of rotatable bonds is 5. The minimum Gasteiger partial charge on any atom is -0.468 e. The number of esters is 1. The molecule has 126 valence electrons. The average Bonchev–Trinajstić information content (AvgIpc) is 2.54. The van der Waals surface area contributed by atoms with E-state index in [4.69, 9.17) is 4.74 Å². The van der Waals surface area contributed by atoms with Crippen molar-refractivity contribution < 1.29 is 18.5 Å². The summed E-state index contributed by atoms with van der Waals surface area (Å²) in [5, 5.41) is -0.811. The van der Waals surface area contributed by atoms with Crippen LogP contribution < -0.4 is 0 Å². The summed E-state index contributed by atoms with van der Waals surface area (Å²) in [7, 11) is -0.231. The molecule has 3 atom stereocenters. The highest BCUT2D eigenvalue weighted by Crippen LogP contribution is 2.41. The van der Waals surface area contributed by atoms with Gasteiger partial charge in [-0.2, -0.15) is 0 Å². The van der Waals surface area contributed by atoms with Crippen LogP contribution in [0, 0.1) is 11.3 Å². The molecule has 0 spiro atoms. The number of hydrogen-bond donors (Lipinski definition) is 0. The molecule has 5 heteroatoms. The zero-order chi connectivity index (χ0) is 17.0. The summed E-state index contributed by atoms with van der Waals surface area (Å²) in [6.45, 7) is 4.10. The lowest BCUT2D eigenvalue weighted by molar-refractivity contribution is -0.141. The maximum Gasteiger partial charge on any atom is 0.321 e. The Hall–Kier alpha value is -1.49. The second-order valence-corrected chi connectivity index (χ2v) is 8.35. The van der Waals surface area contributed by atoms with Crippen LogP contribution >= 0.6 is 0 Å². The van der Waals surface area contributed by atoms with Gasteiger partial charge in [0.1, 0.15) is 11.0 Å². The van der Waals surface area contributed by atoms with Crippen molar-refractivity contribution in [2.45, 2.75) is 49.7 Å². The van der Waals surface area contributed by atoms with Crippen LogP contribution in [0.1, 0.15) is 39.5 Å². The van der Waals surface area contributed by atoms with E-state index in [1.807, 2.05) is 6.07 Å². The van der Waals surface area contributed by atoms with E-state index in [-0.39, 0.29) is 23.5 Å². The summed E-state index contributed by atoms with van der Waals surface area (Å²) in [5.74, 6) is -0.602. The highest BCUT2D eigenvalue weighted by Gasteiger charge is 2.42. The highest BCUT2D eigenvalue weighted by atomic mass is 32.2. The standard InChI is InChI=1S/C18H24O4S/c1-18(2)11-7-10-15(19)14(18)12-16(17(20)22-3)23(21)13-8-5-4-6-9-13/h4-6,8-9,14,16H,7,10-12H2,1-3H3. The maximum absolute atomic E-state index is 12.8. The molecule has 0 aromatic heterocycles. The predicted molar refractivity (Wildman–Crippen MR) is 89.4 cm³/mol. The number of ether oxygens (including phenoxy) is 1. The average molecular weight is 336 g/mol. The number of carbonyl (C=O) groups excluding carboxylic acids is 2. The monoisotopic (exact) mass is 336 g/mol. The fraction of sp³-hybridized carbons (Fsp3) is 0.556. The van der Waals surface area contributed by atoms with Gasteiger partial charge >= 0.3 is 5.97 Å². The lowest BCUT2D eigenvalue weighted by atomic mass is 9.66. The maximum atomic E-state index is 12.8. The van der Waals surface area contributed by atoms with Crippen molar-refractivity contribution in [3.8, 4) is 0 Å². The number of ketones is 1. The van der Waals surface area contributed by atoms with Crippen LogP contribution in [0.2, 0.25) is 0 Å². The summed E-state index contributed by atoms with van der Waals surface area (Å²) in [5.41, 5.74) is -0.178. The molecule has 0 bridgehead atoms. The molecule has 0 radical (unpaired) electrons. The number of Topliss-reactive ketones (excluding diaryl/α,β-unsaturated/α-hetero) is 1. The summed E-state index contributed by atoms with van der Waals surface area (Å²) in [4.78, 5) is 25.1. The van der Waals surface area contributed by atoms with Crippen LogP contribution in [-0.2, 0) is 25.1 Å². The van der Waals surface area contributed by atoms with Gasteiger partial charge in [-0.3, -0.25) is 13.8 Å². The van der Waals surface area contributed by atoms with Gasteiger partial charge < -0.3 is 4.74 Å². The SMILES string of the molecule is COC(=O)C(CC1C(=O)CCCC1(C)C)S(=O)c1ccccc1. The van der Waals surface area contributed by atoms with Crippen LogP contribution in [0.25, 0.3) is 0 Å². The molecule has 1 fully saturated rings. The van der Waals surface area contributed by atoms with Crippen molar-refractivity contribution in [3.63, 3.8) is 0 Å². The van der Waals surface area contributed by atoms with Crippen molar-refractivity contribution in [2.24, 2.45) is 11.3 Å². The first-order chi connectivity index (χ1) is 10.9. The smallest absolute Gasteiger partial charge is 0.321 e. The van der Waals surface area contributed by atoms with Crippen molar-refractivity contribution in [1.29, 1.82) is 0 Å². The van der Waals surface area contributed by atoms with Crippen molar-refractivity contribution in [3.05, 3.63) is 30.3 Å². The molecule has 23 heavy (non-hydrogen) atoms. The molecule has 0 aliphatic heterocycles. The fourth-order valence-corrected chi connectivity index (χ4v) is 4.68. The first kappa shape index (κ1) is 17.9. The molecule has 0 saturated heterocycles. The molecule has 0 heterocycles. The van der Waals surface area contributed by atoms with Gasteiger partial charge in [0.15, 0.2) is 0 Å². The number of methoxy groups -OCH3 is 1. The van der Waals surface area contributed by atoms with Crippen molar-refractivity contribution in [2.75, 3.05) is 7.11 Å². The molecule has 1 aliphatic rings. The Bertz CT molecular complexity index is 594. The van der Waals surface area contributed by atoms with Gasteiger partial charge in [-0.05, 0) is 36.8 Å². The van der Waals surface area contributed by atoms with E-state index in [0.717, 1.165) is 12.8 Å². The Labute approximate surface area is 140 Å². The summed E-state index contributed by atoms with van der Waals surface area (Å²) >= 11 is 0. The van der Waals surface area contributed by atoms with E-state index in [1.165, 1.54) is 7.11 Å². The molecule has 1 saturated carbocycles. The highest BCUT2D eigenvalue weighted by molar-refractivity contribution is 7.86. The zero-order valence-electron chi connectivity index (χ0n) is 13.9. The van der Waals surface area contributed by atoms with E-state index >= 15 is 0 Å². The summed E-state index contributed by atoms with van der Waals surface area (Å²) in [6, 6.07) is 8.88. The van der Waals surface area contributed by atoms with Crippen molar-refractivity contribution in [1.82, 2.24) is 0 Å². The van der Waals surface area contributed by atoms with E-state index < -0.39 is 22.0 Å². The molecule has 3 unspecified atom stereocenters. The zero-order valence-corrected chi connectivity index (χ0v) is 14.7. The number of hydrogen-bond acceptors (Lipinski definition) is 4. The molecule has 0 N–H and O–H groups in total. The third kappa shape index (κ3) is 4.08. The minimum atomic E-state index is -1.53. The van der Waals surface area contributed by atoms with Crippen LogP contribution in [0.4, 0.5) is 0 Å². The molecule has 4 nitrogen and oxygen atoms in total. The Balaban J connectivity index is 2.27. The largest absolute Gasteiger partial charge is 0.468 e. The first-order valence-corrected chi connectivity index (χ1v) is 9.14. The Morgan fingerprint density at radius 2 is 2.00 bits per heavy atom. The molecule has 1 aromatic rings. The van der Waals surface area contributed by atoms with Gasteiger partial charge in [-0.25, -0.2) is 0 Å². The lowest BCUT2D eigenvalue weighted by Gasteiger charge is -2.38. The third-order valence-corrected chi connectivity index (χ3v) is 6.36. The molecular formula is C18H24O4S. The third-order valence-electron chi connectivity index (χ3n) is 4.72. The number of benzene rings is 1. The van der Waals surface area contributed by atoms with Gasteiger partial charge in [0.05, 0.1) is 17.9 Å². The number of carbonyl (C=O) groups is 2. The minimum absolute atomic E-state index is 0.167. The van der Waals surface area contributed by atoms with Crippen molar-refractivity contribution >= 4 is 22.6 Å². The predicted octanol–water partition coefficient (Wildman–Crippen LogP) is 3.12. The van der Waals surface area contributed by atoms with Gasteiger partial charge in [-0.15, -0.1) is 0 Å². The van der Waals surface area contributed by atoms with Crippen LogP contribution in [0.3, 0.4) is 0 Å². The molecule has 1 aromatic carbocycles. The fourth-order valence-electron chi connectivity index (χ4n) is 3.29. The topological polar surface area (TPSA) is 60.4 Å². The van der Waals surface area contributed by atoms with Gasteiger partial charge in [0, 0.05) is 17.2 Å². The van der Waals surface area contributed by atoms with Crippen LogP contribution in [0.5, 0.6) is 0 Å². The summed E-state index contributed by atoms with van der Waals surface area (Å²) < 4.78 is 17.7. The second kappa shape index (κ2) is 7.39. The lowest BCUT2D eigenvalue weighted by Crippen LogP contribution is -2.40. The molecule has 1 aliphatic carbocycles. The van der Waals surface area contributed by atoms with Gasteiger partial charge in [-0.1, -0.05) is 32.0 Å². The Morgan fingerprint density at radius 3 is 2.57 bits per heavy atom. The van der Waals surface area contributed by atoms with E-state index in [0.29, 0.717) is 11.3 Å². The quantitative estimate of drug-likeness (QED) is 0.775. The summed E-state index contributed by atoms with van der Waals surface area (Å²) in [6.07, 6.45) is 2.64.